The third-order valence-electron chi connectivity index (χ3n) is 4.52. The van der Waals surface area contributed by atoms with Crippen LogP contribution in [0.1, 0.15) is 17.2 Å². The topological polar surface area (TPSA) is 23.6 Å². The zero-order chi connectivity index (χ0) is 17.8. The number of carbonyl (C=O) groups is 1. The molecule has 6 heteroatoms. The molecule has 0 N–H and O–H groups in total. The summed E-state index contributed by atoms with van der Waals surface area (Å²) in [6, 6.07) is 16.0. The van der Waals surface area contributed by atoms with E-state index in [9.17, 15) is 4.79 Å². The van der Waals surface area contributed by atoms with E-state index < -0.39 is 0 Å². The van der Waals surface area contributed by atoms with Crippen LogP contribution in [0.5, 0.6) is 0 Å². The molecule has 1 heterocycles. The SMILES string of the molecule is O=C(CCl)N1CCN(C(c2ccc(Cl)cc2)c2ccc(Cl)cc2)CC1. The minimum atomic E-state index is -0.00384. The highest BCUT2D eigenvalue weighted by atomic mass is 35.5. The van der Waals surface area contributed by atoms with Crippen molar-refractivity contribution in [1.29, 1.82) is 0 Å². The summed E-state index contributed by atoms with van der Waals surface area (Å²) in [6.07, 6.45) is 0. The highest BCUT2D eigenvalue weighted by Gasteiger charge is 2.27. The van der Waals surface area contributed by atoms with Gasteiger partial charge in [-0.25, -0.2) is 0 Å². The fraction of sp³-hybridized carbons (Fsp3) is 0.316. The Kier molecular flexibility index (Phi) is 6.24. The average Bonchev–Trinajstić information content (AvgIpc) is 2.65. The Hall–Kier alpha value is -1.26. The number of amides is 1. The van der Waals surface area contributed by atoms with Crippen molar-refractivity contribution in [3.05, 3.63) is 69.7 Å². The average molecular weight is 398 g/mol. The van der Waals surface area contributed by atoms with Crippen molar-refractivity contribution in [3.63, 3.8) is 0 Å². The van der Waals surface area contributed by atoms with Gasteiger partial charge in [0.15, 0.2) is 0 Å². The fourth-order valence-corrected chi connectivity index (χ4v) is 3.64. The lowest BCUT2D eigenvalue weighted by Crippen LogP contribution is -2.50. The summed E-state index contributed by atoms with van der Waals surface area (Å²) in [6.45, 7) is 2.95. The smallest absolute Gasteiger partial charge is 0.237 e. The first-order chi connectivity index (χ1) is 12.1. The molecule has 0 atom stereocenters. The van der Waals surface area contributed by atoms with Crippen molar-refractivity contribution < 1.29 is 4.79 Å². The van der Waals surface area contributed by atoms with Gasteiger partial charge in [0.25, 0.3) is 0 Å². The molecule has 0 aromatic heterocycles. The van der Waals surface area contributed by atoms with Gasteiger partial charge < -0.3 is 4.90 Å². The van der Waals surface area contributed by atoms with E-state index in [1.807, 2.05) is 29.2 Å². The van der Waals surface area contributed by atoms with Crippen LogP contribution in [0.3, 0.4) is 0 Å². The largest absolute Gasteiger partial charge is 0.339 e. The van der Waals surface area contributed by atoms with Gasteiger partial charge in [-0.1, -0.05) is 47.5 Å². The van der Waals surface area contributed by atoms with Crippen LogP contribution in [0, 0.1) is 0 Å². The Morgan fingerprint density at radius 2 is 1.28 bits per heavy atom. The second kappa shape index (κ2) is 8.41. The molecule has 25 heavy (non-hydrogen) atoms. The van der Waals surface area contributed by atoms with Gasteiger partial charge in [-0.3, -0.25) is 9.69 Å². The predicted molar refractivity (Wildman–Crippen MR) is 104 cm³/mol. The summed E-state index contributed by atoms with van der Waals surface area (Å²) in [5, 5.41) is 1.44. The van der Waals surface area contributed by atoms with E-state index in [0.717, 1.165) is 23.1 Å². The monoisotopic (exact) mass is 396 g/mol. The number of rotatable bonds is 4. The molecule has 1 aliphatic rings. The van der Waals surface area contributed by atoms with Crippen LogP contribution >= 0.6 is 34.8 Å². The molecule has 2 aromatic carbocycles. The number of alkyl halides is 1. The molecule has 132 valence electrons. The molecular formula is C19H19Cl3N2O. The highest BCUT2D eigenvalue weighted by molar-refractivity contribution is 6.30. The number of piperazine rings is 1. The first-order valence-electron chi connectivity index (χ1n) is 8.17. The van der Waals surface area contributed by atoms with Gasteiger partial charge in [0.1, 0.15) is 5.88 Å². The molecule has 0 radical (unpaired) electrons. The third kappa shape index (κ3) is 4.48. The molecule has 3 nitrogen and oxygen atoms in total. The maximum atomic E-state index is 11.8. The molecule has 0 unspecified atom stereocenters. The van der Waals surface area contributed by atoms with E-state index >= 15 is 0 Å². The van der Waals surface area contributed by atoms with E-state index in [1.54, 1.807) is 0 Å². The van der Waals surface area contributed by atoms with E-state index in [2.05, 4.69) is 29.2 Å². The van der Waals surface area contributed by atoms with Crippen molar-refractivity contribution in [3.8, 4) is 0 Å². The molecule has 1 fully saturated rings. The van der Waals surface area contributed by atoms with Crippen LogP contribution in [-0.4, -0.2) is 47.8 Å². The Morgan fingerprint density at radius 1 is 0.840 bits per heavy atom. The van der Waals surface area contributed by atoms with Gasteiger partial charge >= 0.3 is 0 Å². The Morgan fingerprint density at radius 3 is 1.68 bits per heavy atom. The van der Waals surface area contributed by atoms with Crippen molar-refractivity contribution in [2.45, 2.75) is 6.04 Å². The van der Waals surface area contributed by atoms with Crippen LogP contribution in [-0.2, 0) is 4.79 Å². The maximum Gasteiger partial charge on any atom is 0.237 e. The molecule has 2 aromatic rings. The van der Waals surface area contributed by atoms with Gasteiger partial charge in [0.05, 0.1) is 6.04 Å². The van der Waals surface area contributed by atoms with Crippen molar-refractivity contribution in [1.82, 2.24) is 9.80 Å². The minimum absolute atomic E-state index is 0.00384. The zero-order valence-electron chi connectivity index (χ0n) is 13.7. The Bertz CT molecular complexity index is 665. The van der Waals surface area contributed by atoms with Gasteiger partial charge in [-0.2, -0.15) is 0 Å². The standard InChI is InChI=1S/C19H19Cl3N2O/c20-13-18(25)23-9-11-24(12-10-23)19(14-1-5-16(21)6-2-14)15-3-7-17(22)8-4-15/h1-8,19H,9-13H2. The lowest BCUT2D eigenvalue weighted by Gasteiger charge is -2.39. The van der Waals surface area contributed by atoms with E-state index in [4.69, 9.17) is 34.8 Å². The van der Waals surface area contributed by atoms with Crippen LogP contribution < -0.4 is 0 Å². The molecule has 0 spiro atoms. The number of nitrogens with zero attached hydrogens (tertiary/aromatic N) is 2. The summed E-state index contributed by atoms with van der Waals surface area (Å²) in [5.41, 5.74) is 2.34. The predicted octanol–water partition coefficient (Wildman–Crippen LogP) is 4.47. The lowest BCUT2D eigenvalue weighted by molar-refractivity contribution is -0.130. The summed E-state index contributed by atoms with van der Waals surface area (Å²) in [7, 11) is 0. The number of halogens is 3. The van der Waals surface area contributed by atoms with E-state index in [0.29, 0.717) is 13.1 Å². The quantitative estimate of drug-likeness (QED) is 0.711. The Labute approximate surface area is 163 Å². The molecule has 0 saturated carbocycles. The Balaban J connectivity index is 1.86. The first kappa shape index (κ1) is 18.5. The molecule has 1 amide bonds. The molecule has 0 aliphatic carbocycles. The number of hydrogen-bond donors (Lipinski definition) is 0. The van der Waals surface area contributed by atoms with Crippen LogP contribution in [0.4, 0.5) is 0 Å². The lowest BCUT2D eigenvalue weighted by atomic mass is 9.96. The van der Waals surface area contributed by atoms with Crippen molar-refractivity contribution >= 4 is 40.7 Å². The highest BCUT2D eigenvalue weighted by Crippen LogP contribution is 2.31. The van der Waals surface area contributed by atoms with Crippen LogP contribution in [0.25, 0.3) is 0 Å². The van der Waals surface area contributed by atoms with Crippen molar-refractivity contribution in [2.75, 3.05) is 32.1 Å². The first-order valence-corrected chi connectivity index (χ1v) is 9.46. The second-order valence-electron chi connectivity index (χ2n) is 6.06. The number of benzene rings is 2. The summed E-state index contributed by atoms with van der Waals surface area (Å²) < 4.78 is 0. The molecule has 3 rings (SSSR count). The normalized spacial score (nSPS) is 15.6. The van der Waals surface area contributed by atoms with Crippen molar-refractivity contribution in [2.24, 2.45) is 0 Å². The minimum Gasteiger partial charge on any atom is -0.339 e. The van der Waals surface area contributed by atoms with Crippen LogP contribution in [0.15, 0.2) is 48.5 Å². The second-order valence-corrected chi connectivity index (χ2v) is 7.20. The summed E-state index contributed by atoms with van der Waals surface area (Å²) in [4.78, 5) is 16.0. The zero-order valence-corrected chi connectivity index (χ0v) is 15.9. The third-order valence-corrected chi connectivity index (χ3v) is 5.25. The van der Waals surface area contributed by atoms with Gasteiger partial charge in [-0.15, -0.1) is 11.6 Å². The van der Waals surface area contributed by atoms with E-state index in [1.165, 1.54) is 11.1 Å². The van der Waals surface area contributed by atoms with Crippen LogP contribution in [0.2, 0.25) is 10.0 Å². The van der Waals surface area contributed by atoms with Gasteiger partial charge in [0.2, 0.25) is 5.91 Å². The molecular weight excluding hydrogens is 379 g/mol. The molecule has 1 saturated heterocycles. The van der Waals surface area contributed by atoms with Gasteiger partial charge in [0, 0.05) is 36.2 Å². The molecule has 1 aliphatic heterocycles. The fourth-order valence-electron chi connectivity index (χ4n) is 3.22. The molecule has 0 bridgehead atoms. The summed E-state index contributed by atoms with van der Waals surface area (Å²) in [5.74, 6) is 0.0356. The van der Waals surface area contributed by atoms with Gasteiger partial charge in [-0.05, 0) is 35.4 Å². The maximum absolute atomic E-state index is 11.8. The number of hydrogen-bond acceptors (Lipinski definition) is 2. The van der Waals surface area contributed by atoms with E-state index in [-0.39, 0.29) is 17.8 Å². The number of carbonyl (C=O) groups excluding carboxylic acids is 1. The summed E-state index contributed by atoms with van der Waals surface area (Å²) >= 11 is 17.8.